The number of hydrogen-bond donors (Lipinski definition) is 1. The highest BCUT2D eigenvalue weighted by atomic mass is 32.2. The van der Waals surface area contributed by atoms with Crippen molar-refractivity contribution >= 4 is 10.0 Å². The van der Waals surface area contributed by atoms with Crippen LogP contribution >= 0.6 is 0 Å². The van der Waals surface area contributed by atoms with Gasteiger partial charge in [0, 0.05) is 25.8 Å². The van der Waals surface area contributed by atoms with Crippen molar-refractivity contribution in [1.29, 1.82) is 0 Å². The SMILES string of the molecule is CN1CCCc2ccc(OCCNS(=O)(=O)c3cnn(C)c3)cc2C1Cc1ccccc1. The number of benzene rings is 2. The minimum Gasteiger partial charge on any atom is -0.492 e. The first kappa shape index (κ1) is 22.5. The van der Waals surface area contributed by atoms with E-state index >= 15 is 0 Å². The van der Waals surface area contributed by atoms with Crippen LogP contribution in [0.5, 0.6) is 5.75 Å². The summed E-state index contributed by atoms with van der Waals surface area (Å²) < 4.78 is 34.6. The van der Waals surface area contributed by atoms with Crippen LogP contribution in [-0.4, -0.2) is 49.8 Å². The van der Waals surface area contributed by atoms with Gasteiger partial charge in [-0.2, -0.15) is 5.10 Å². The number of nitrogens with zero attached hydrogens (tertiary/aromatic N) is 3. The van der Waals surface area contributed by atoms with Gasteiger partial charge in [0.05, 0.1) is 6.20 Å². The summed E-state index contributed by atoms with van der Waals surface area (Å²) in [5.41, 5.74) is 3.97. The summed E-state index contributed by atoms with van der Waals surface area (Å²) in [5.74, 6) is 0.762. The van der Waals surface area contributed by atoms with Crippen molar-refractivity contribution in [2.24, 2.45) is 7.05 Å². The van der Waals surface area contributed by atoms with Gasteiger partial charge in [-0.15, -0.1) is 0 Å². The molecule has 1 unspecified atom stereocenters. The highest BCUT2D eigenvalue weighted by molar-refractivity contribution is 7.89. The zero-order chi connectivity index (χ0) is 22.6. The molecule has 2 heterocycles. The van der Waals surface area contributed by atoms with E-state index in [-0.39, 0.29) is 24.1 Å². The van der Waals surface area contributed by atoms with E-state index < -0.39 is 10.0 Å². The molecule has 7 nitrogen and oxygen atoms in total. The Bertz CT molecular complexity index is 1150. The molecule has 1 aliphatic rings. The van der Waals surface area contributed by atoms with E-state index in [1.54, 1.807) is 7.05 Å². The van der Waals surface area contributed by atoms with Gasteiger partial charge in [0.15, 0.2) is 0 Å². The minimum absolute atomic E-state index is 0.150. The molecular formula is C24H30N4O3S. The predicted octanol–water partition coefficient (Wildman–Crippen LogP) is 2.94. The Morgan fingerprint density at radius 1 is 1.16 bits per heavy atom. The fourth-order valence-electron chi connectivity index (χ4n) is 4.18. The summed E-state index contributed by atoms with van der Waals surface area (Å²) in [6, 6.07) is 17.1. The molecule has 0 aliphatic carbocycles. The van der Waals surface area contributed by atoms with E-state index in [1.165, 1.54) is 33.8 Å². The molecule has 8 heteroatoms. The van der Waals surface area contributed by atoms with Gasteiger partial charge in [0.25, 0.3) is 0 Å². The van der Waals surface area contributed by atoms with Crippen LogP contribution in [0.4, 0.5) is 0 Å². The minimum atomic E-state index is -3.58. The molecule has 3 aromatic rings. The number of ether oxygens (including phenoxy) is 1. The molecule has 2 aromatic carbocycles. The van der Waals surface area contributed by atoms with Crippen LogP contribution in [-0.2, 0) is 29.9 Å². The maximum absolute atomic E-state index is 12.3. The van der Waals surface area contributed by atoms with Crippen molar-refractivity contribution < 1.29 is 13.2 Å². The third-order valence-corrected chi connectivity index (χ3v) is 7.31. The van der Waals surface area contributed by atoms with Crippen molar-refractivity contribution in [3.05, 3.63) is 77.6 Å². The Labute approximate surface area is 190 Å². The first-order valence-electron chi connectivity index (χ1n) is 10.9. The standard InChI is InChI=1S/C24H30N4O3S/c1-27-13-6-9-20-10-11-21(16-23(20)24(27)15-19-7-4-3-5-8-19)31-14-12-26-32(29,30)22-17-25-28(2)18-22/h3-5,7-8,10-11,16-18,24,26H,6,9,12-15H2,1-2H3. The number of aromatic nitrogens is 2. The van der Waals surface area contributed by atoms with Gasteiger partial charge in [-0.1, -0.05) is 36.4 Å². The molecule has 32 heavy (non-hydrogen) atoms. The molecule has 1 atom stereocenters. The molecule has 0 saturated carbocycles. The number of rotatable bonds is 8. The summed E-state index contributed by atoms with van der Waals surface area (Å²) in [6.45, 7) is 1.48. The molecular weight excluding hydrogens is 424 g/mol. The zero-order valence-electron chi connectivity index (χ0n) is 18.6. The molecule has 0 fully saturated rings. The van der Waals surface area contributed by atoms with Gasteiger partial charge in [-0.05, 0) is 61.7 Å². The fourth-order valence-corrected chi connectivity index (χ4v) is 5.18. The second-order valence-electron chi connectivity index (χ2n) is 8.25. The Morgan fingerprint density at radius 2 is 1.97 bits per heavy atom. The maximum atomic E-state index is 12.3. The number of aryl methyl sites for hydroxylation is 2. The molecule has 1 aliphatic heterocycles. The molecule has 0 saturated heterocycles. The fraction of sp³-hybridized carbons (Fsp3) is 0.375. The van der Waals surface area contributed by atoms with Crippen LogP contribution in [0.3, 0.4) is 0 Å². The van der Waals surface area contributed by atoms with Crippen molar-refractivity contribution in [2.75, 3.05) is 26.7 Å². The third kappa shape index (κ3) is 5.38. The Kier molecular flexibility index (Phi) is 6.93. The van der Waals surface area contributed by atoms with Crippen LogP contribution in [0.15, 0.2) is 65.8 Å². The van der Waals surface area contributed by atoms with Crippen LogP contribution in [0, 0.1) is 0 Å². The summed E-state index contributed by atoms with van der Waals surface area (Å²) in [7, 11) is 0.284. The summed E-state index contributed by atoms with van der Waals surface area (Å²) in [4.78, 5) is 2.57. The highest BCUT2D eigenvalue weighted by Crippen LogP contribution is 2.33. The largest absolute Gasteiger partial charge is 0.492 e. The molecule has 0 bridgehead atoms. The topological polar surface area (TPSA) is 76.5 Å². The first-order chi connectivity index (χ1) is 15.4. The quantitative estimate of drug-likeness (QED) is 0.530. The van der Waals surface area contributed by atoms with Crippen molar-refractivity contribution in [3.63, 3.8) is 0 Å². The molecule has 4 rings (SSSR count). The number of hydrogen-bond acceptors (Lipinski definition) is 5. The third-order valence-electron chi connectivity index (χ3n) is 5.89. The molecule has 0 spiro atoms. The first-order valence-corrected chi connectivity index (χ1v) is 12.4. The van der Waals surface area contributed by atoms with Gasteiger partial charge in [0.2, 0.25) is 10.0 Å². The zero-order valence-corrected chi connectivity index (χ0v) is 19.4. The lowest BCUT2D eigenvalue weighted by Crippen LogP contribution is -2.28. The average molecular weight is 455 g/mol. The van der Waals surface area contributed by atoms with Gasteiger partial charge in [-0.3, -0.25) is 9.58 Å². The van der Waals surface area contributed by atoms with Crippen LogP contribution in [0.1, 0.15) is 29.2 Å². The lowest BCUT2D eigenvalue weighted by atomic mass is 9.93. The van der Waals surface area contributed by atoms with Gasteiger partial charge >= 0.3 is 0 Å². The lowest BCUT2D eigenvalue weighted by Gasteiger charge is -2.28. The van der Waals surface area contributed by atoms with Gasteiger partial charge < -0.3 is 4.74 Å². The van der Waals surface area contributed by atoms with E-state index in [0.717, 1.165) is 31.6 Å². The van der Waals surface area contributed by atoms with Crippen LogP contribution in [0.2, 0.25) is 0 Å². The van der Waals surface area contributed by atoms with Gasteiger partial charge in [-0.25, -0.2) is 13.1 Å². The number of fused-ring (bicyclic) bond motifs is 1. The van der Waals surface area contributed by atoms with E-state index in [1.807, 2.05) is 12.1 Å². The second kappa shape index (κ2) is 9.85. The van der Waals surface area contributed by atoms with Crippen molar-refractivity contribution in [2.45, 2.75) is 30.2 Å². The Hall–Kier alpha value is -2.68. The van der Waals surface area contributed by atoms with E-state index in [4.69, 9.17) is 4.74 Å². The summed E-state index contributed by atoms with van der Waals surface area (Å²) in [6.07, 6.45) is 5.93. The predicted molar refractivity (Wildman–Crippen MR) is 124 cm³/mol. The van der Waals surface area contributed by atoms with E-state index in [9.17, 15) is 8.42 Å². The summed E-state index contributed by atoms with van der Waals surface area (Å²) in [5, 5.41) is 3.91. The Balaban J connectivity index is 1.43. The maximum Gasteiger partial charge on any atom is 0.243 e. The van der Waals surface area contributed by atoms with E-state index in [2.05, 4.69) is 58.2 Å². The Morgan fingerprint density at radius 3 is 2.72 bits per heavy atom. The van der Waals surface area contributed by atoms with Crippen LogP contribution in [0.25, 0.3) is 0 Å². The molecule has 1 N–H and O–H groups in total. The second-order valence-corrected chi connectivity index (χ2v) is 10.0. The number of likely N-dealkylation sites (N-methyl/N-ethyl adjacent to an activating group) is 1. The monoisotopic (exact) mass is 454 g/mol. The number of sulfonamides is 1. The molecule has 0 amide bonds. The van der Waals surface area contributed by atoms with Crippen molar-refractivity contribution in [3.8, 4) is 5.75 Å². The summed E-state index contributed by atoms with van der Waals surface area (Å²) >= 11 is 0. The smallest absolute Gasteiger partial charge is 0.243 e. The number of nitrogens with one attached hydrogen (secondary N) is 1. The average Bonchev–Trinajstić information content (AvgIpc) is 3.17. The highest BCUT2D eigenvalue weighted by Gasteiger charge is 2.24. The van der Waals surface area contributed by atoms with E-state index in [0.29, 0.717) is 0 Å². The van der Waals surface area contributed by atoms with Crippen molar-refractivity contribution in [1.82, 2.24) is 19.4 Å². The molecule has 0 radical (unpaired) electrons. The molecule has 170 valence electrons. The molecule has 1 aromatic heterocycles. The normalized spacial score (nSPS) is 17.0. The van der Waals surface area contributed by atoms with Crippen LogP contribution < -0.4 is 9.46 Å². The lowest BCUT2D eigenvalue weighted by molar-refractivity contribution is 0.248. The van der Waals surface area contributed by atoms with Gasteiger partial charge in [0.1, 0.15) is 17.3 Å².